The smallest absolute Gasteiger partial charge is 0.416 e. The number of ether oxygens (including phenoxy) is 3. The second kappa shape index (κ2) is 17.4. The second-order valence-electron chi connectivity index (χ2n) is 13.3. The van der Waals surface area contributed by atoms with Gasteiger partial charge < -0.3 is 30.2 Å². The number of amides is 3. The normalized spacial score (nSPS) is 16.2. The maximum absolute atomic E-state index is 15.2. The lowest BCUT2D eigenvalue weighted by Crippen LogP contribution is -2.60. The van der Waals surface area contributed by atoms with Gasteiger partial charge in [-0.25, -0.2) is 14.2 Å². The van der Waals surface area contributed by atoms with Gasteiger partial charge >= 0.3 is 18.2 Å². The number of nitrogens with zero attached hydrogens (tertiary/aromatic N) is 1. The van der Waals surface area contributed by atoms with Gasteiger partial charge in [0, 0.05) is 11.8 Å². The molecule has 51 heavy (non-hydrogen) atoms. The van der Waals surface area contributed by atoms with Crippen molar-refractivity contribution in [3.05, 3.63) is 82.9 Å². The first kappa shape index (κ1) is 40.6. The van der Waals surface area contributed by atoms with Crippen molar-refractivity contribution in [1.29, 1.82) is 0 Å². The molecule has 278 valence electrons. The van der Waals surface area contributed by atoms with E-state index in [0.717, 1.165) is 11.6 Å². The molecule has 1 aliphatic heterocycles. The molecular weight excluding hydrogens is 676 g/mol. The van der Waals surface area contributed by atoms with Crippen LogP contribution in [0.4, 0.5) is 22.4 Å². The molecule has 2 aromatic rings. The van der Waals surface area contributed by atoms with E-state index in [4.69, 9.17) is 14.2 Å². The number of esters is 1. The van der Waals surface area contributed by atoms with Crippen molar-refractivity contribution in [1.82, 2.24) is 16.0 Å². The van der Waals surface area contributed by atoms with E-state index >= 15 is 4.39 Å². The minimum atomic E-state index is -4.80. The van der Waals surface area contributed by atoms with Gasteiger partial charge in [-0.05, 0) is 84.1 Å². The van der Waals surface area contributed by atoms with Gasteiger partial charge in [-0.2, -0.15) is 13.2 Å². The summed E-state index contributed by atoms with van der Waals surface area (Å²) in [6.45, 7) is 9.08. The number of allylic oxidation sites excluding steroid dienone is 1. The quantitative estimate of drug-likeness (QED) is 0.172. The number of carbonyl (C=O) groups excluding carboxylic acids is 4. The Morgan fingerprint density at radius 1 is 1.00 bits per heavy atom. The Hall–Kier alpha value is -4.79. The Balaban J connectivity index is 1.89. The van der Waals surface area contributed by atoms with E-state index in [1.807, 2.05) is 30.3 Å². The SMILES string of the molecule is CCOC(=O)C(c1ccc(C(F)(F)F)cc1F)C1C=C(NC(=O)C(COCc2ccccc2)NC(=O)C(C)(C)NC(=O)OC(C)(C)C)N=CCC1. The molecule has 3 N–H and O–H groups in total. The van der Waals surface area contributed by atoms with Crippen LogP contribution in [0.3, 0.4) is 0 Å². The predicted molar refractivity (Wildman–Crippen MR) is 180 cm³/mol. The largest absolute Gasteiger partial charge is 0.466 e. The number of alkyl halides is 3. The first-order valence-electron chi connectivity index (χ1n) is 16.3. The standard InChI is InChI=1S/C36H44F4N4O7/c1-7-50-31(46)29(25-16-15-24(19-26(25)37)36(38,39)40)23-14-11-17-41-28(18-23)43-30(45)27(21-49-20-22-12-9-8-10-13-22)42-32(47)35(5,6)44-33(48)51-34(2,3)4/h8-10,12-13,15-19,23,27,29H,7,11,14,20-21H2,1-6H3,(H,42,47)(H,43,45)(H,44,48). The van der Waals surface area contributed by atoms with Crippen molar-refractivity contribution < 1.29 is 51.0 Å². The van der Waals surface area contributed by atoms with Crippen molar-refractivity contribution in [2.24, 2.45) is 10.9 Å². The summed E-state index contributed by atoms with van der Waals surface area (Å²) < 4.78 is 71.2. The van der Waals surface area contributed by atoms with Crippen LogP contribution < -0.4 is 16.0 Å². The number of halogens is 4. The minimum Gasteiger partial charge on any atom is -0.466 e. The van der Waals surface area contributed by atoms with E-state index in [2.05, 4.69) is 20.9 Å². The molecule has 3 atom stereocenters. The van der Waals surface area contributed by atoms with Gasteiger partial charge in [0.15, 0.2) is 0 Å². The number of benzene rings is 2. The summed E-state index contributed by atoms with van der Waals surface area (Å²) in [5.41, 5.74) is -3.10. The van der Waals surface area contributed by atoms with Crippen LogP contribution in [0.15, 0.2) is 65.4 Å². The van der Waals surface area contributed by atoms with E-state index < -0.39 is 70.5 Å². The Kier molecular flexibility index (Phi) is 13.9. The predicted octanol–water partition coefficient (Wildman–Crippen LogP) is 5.93. The highest BCUT2D eigenvalue weighted by molar-refractivity contribution is 5.94. The zero-order chi connectivity index (χ0) is 38.0. The van der Waals surface area contributed by atoms with Crippen LogP contribution in [0.1, 0.15) is 77.0 Å². The van der Waals surface area contributed by atoms with Crippen LogP contribution in [0.25, 0.3) is 0 Å². The maximum atomic E-state index is 15.2. The monoisotopic (exact) mass is 720 g/mol. The minimum absolute atomic E-state index is 0.0578. The van der Waals surface area contributed by atoms with Gasteiger partial charge in [0.1, 0.15) is 28.8 Å². The fourth-order valence-corrected chi connectivity index (χ4v) is 5.04. The number of alkyl carbamates (subject to hydrolysis) is 1. The number of hydrogen-bond acceptors (Lipinski definition) is 8. The highest BCUT2D eigenvalue weighted by atomic mass is 19.4. The molecule has 3 unspecified atom stereocenters. The van der Waals surface area contributed by atoms with Gasteiger partial charge in [-0.3, -0.25) is 14.4 Å². The maximum Gasteiger partial charge on any atom is 0.416 e. The average molecular weight is 721 g/mol. The lowest BCUT2D eigenvalue weighted by Gasteiger charge is -2.29. The third kappa shape index (κ3) is 12.5. The Labute approximate surface area is 294 Å². The molecule has 0 fully saturated rings. The van der Waals surface area contributed by atoms with Crippen LogP contribution in [-0.4, -0.2) is 60.5 Å². The van der Waals surface area contributed by atoms with Crippen LogP contribution in [0, 0.1) is 11.7 Å². The third-order valence-corrected chi connectivity index (χ3v) is 7.51. The number of hydrogen-bond donors (Lipinski definition) is 3. The molecule has 0 aromatic heterocycles. The first-order valence-corrected chi connectivity index (χ1v) is 16.3. The summed E-state index contributed by atoms with van der Waals surface area (Å²) in [6.07, 6.45) is -2.32. The average Bonchev–Trinajstić information content (AvgIpc) is 3.25. The number of carbonyl (C=O) groups is 4. The van der Waals surface area contributed by atoms with Crippen molar-refractivity contribution in [2.45, 2.75) is 90.3 Å². The van der Waals surface area contributed by atoms with Crippen LogP contribution in [0.5, 0.6) is 0 Å². The van der Waals surface area contributed by atoms with Crippen molar-refractivity contribution in [3.8, 4) is 0 Å². The fraction of sp³-hybridized carbons (Fsp3) is 0.472. The van der Waals surface area contributed by atoms with Crippen LogP contribution in [0.2, 0.25) is 0 Å². The molecule has 0 saturated heterocycles. The fourth-order valence-electron chi connectivity index (χ4n) is 5.04. The summed E-state index contributed by atoms with van der Waals surface area (Å²) in [4.78, 5) is 57.0. The topological polar surface area (TPSA) is 144 Å². The van der Waals surface area contributed by atoms with E-state index in [0.29, 0.717) is 12.1 Å². The van der Waals surface area contributed by atoms with E-state index in [1.54, 1.807) is 20.8 Å². The van der Waals surface area contributed by atoms with E-state index in [9.17, 15) is 32.3 Å². The van der Waals surface area contributed by atoms with E-state index in [1.165, 1.54) is 33.1 Å². The molecule has 0 radical (unpaired) electrons. The Bertz CT molecular complexity index is 1600. The molecule has 1 heterocycles. The summed E-state index contributed by atoms with van der Waals surface area (Å²) in [6, 6.07) is 9.65. The summed E-state index contributed by atoms with van der Waals surface area (Å²) in [5.74, 6) is -5.93. The van der Waals surface area contributed by atoms with Gasteiger partial charge in [0.25, 0.3) is 5.91 Å². The molecular formula is C36H44F4N4O7. The van der Waals surface area contributed by atoms with Crippen LogP contribution >= 0.6 is 0 Å². The molecule has 0 spiro atoms. The molecule has 1 aliphatic rings. The van der Waals surface area contributed by atoms with Crippen molar-refractivity contribution in [3.63, 3.8) is 0 Å². The van der Waals surface area contributed by atoms with Crippen LogP contribution in [-0.2, 0) is 41.4 Å². The van der Waals surface area contributed by atoms with Gasteiger partial charge in [0.05, 0.1) is 31.3 Å². The first-order chi connectivity index (χ1) is 23.8. The Morgan fingerprint density at radius 3 is 2.29 bits per heavy atom. The van der Waals surface area contributed by atoms with Crippen molar-refractivity contribution in [2.75, 3.05) is 13.2 Å². The lowest BCUT2D eigenvalue weighted by molar-refractivity contribution is -0.146. The summed E-state index contributed by atoms with van der Waals surface area (Å²) in [5, 5.41) is 7.69. The Morgan fingerprint density at radius 2 is 1.69 bits per heavy atom. The lowest BCUT2D eigenvalue weighted by atomic mass is 9.82. The highest BCUT2D eigenvalue weighted by Crippen LogP contribution is 2.37. The third-order valence-electron chi connectivity index (χ3n) is 7.51. The van der Waals surface area contributed by atoms with Gasteiger partial charge in [-0.1, -0.05) is 36.4 Å². The van der Waals surface area contributed by atoms with Gasteiger partial charge in [-0.15, -0.1) is 0 Å². The number of nitrogens with one attached hydrogen (secondary N) is 3. The van der Waals surface area contributed by atoms with E-state index in [-0.39, 0.29) is 44.0 Å². The molecule has 0 saturated carbocycles. The van der Waals surface area contributed by atoms with Crippen molar-refractivity contribution >= 4 is 30.1 Å². The molecule has 0 bridgehead atoms. The number of rotatable bonds is 13. The molecule has 3 amide bonds. The summed E-state index contributed by atoms with van der Waals surface area (Å²) in [7, 11) is 0. The number of aliphatic imine (C=N–C) groups is 1. The second-order valence-corrected chi connectivity index (χ2v) is 13.3. The highest BCUT2D eigenvalue weighted by Gasteiger charge is 2.37. The zero-order valence-electron chi connectivity index (χ0n) is 29.4. The molecule has 15 heteroatoms. The zero-order valence-corrected chi connectivity index (χ0v) is 29.4. The molecule has 11 nitrogen and oxygen atoms in total. The molecule has 2 aromatic carbocycles. The molecule has 3 rings (SSSR count). The summed E-state index contributed by atoms with van der Waals surface area (Å²) >= 11 is 0. The molecule has 0 aliphatic carbocycles. The van der Waals surface area contributed by atoms with Gasteiger partial charge in [0.2, 0.25) is 5.91 Å².